The van der Waals surface area contributed by atoms with Crippen molar-refractivity contribution in [3.63, 3.8) is 0 Å². The molecule has 0 fully saturated rings. The van der Waals surface area contributed by atoms with Crippen LogP contribution < -0.4 is 5.32 Å². The van der Waals surface area contributed by atoms with Gasteiger partial charge in [-0.05, 0) is 37.9 Å². The molecule has 1 atom stereocenters. The van der Waals surface area contributed by atoms with E-state index in [-0.39, 0.29) is 24.2 Å². The van der Waals surface area contributed by atoms with E-state index in [4.69, 9.17) is 4.74 Å². The van der Waals surface area contributed by atoms with Crippen LogP contribution in [0.1, 0.15) is 36.1 Å². The maximum Gasteiger partial charge on any atom is 0.154 e. The number of methoxy groups -OCH3 is 1. The van der Waals surface area contributed by atoms with Crippen LogP contribution in [0.5, 0.6) is 0 Å². The van der Waals surface area contributed by atoms with Crippen LogP contribution in [0.15, 0.2) is 18.2 Å². The van der Waals surface area contributed by atoms with E-state index in [1.807, 2.05) is 26.0 Å². The molecule has 0 aromatic heterocycles. The second-order valence-corrected chi connectivity index (χ2v) is 7.70. The molecule has 0 saturated heterocycles. The highest BCUT2D eigenvalue weighted by molar-refractivity contribution is 7.91. The van der Waals surface area contributed by atoms with E-state index in [0.29, 0.717) is 0 Å². The average molecular weight is 313 g/mol. The van der Waals surface area contributed by atoms with Gasteiger partial charge in [-0.3, -0.25) is 0 Å². The van der Waals surface area contributed by atoms with E-state index in [2.05, 4.69) is 18.3 Å². The van der Waals surface area contributed by atoms with Crippen LogP contribution in [0.3, 0.4) is 0 Å². The van der Waals surface area contributed by atoms with Crippen molar-refractivity contribution in [2.75, 3.05) is 31.8 Å². The second kappa shape index (κ2) is 8.51. The molecule has 1 aromatic carbocycles. The molecule has 0 spiro atoms. The van der Waals surface area contributed by atoms with Crippen molar-refractivity contribution in [3.8, 4) is 0 Å². The highest BCUT2D eigenvalue weighted by Crippen LogP contribution is 2.21. The van der Waals surface area contributed by atoms with E-state index in [9.17, 15) is 8.42 Å². The Balaban J connectivity index is 2.94. The van der Waals surface area contributed by atoms with Crippen molar-refractivity contribution in [1.29, 1.82) is 0 Å². The van der Waals surface area contributed by atoms with Gasteiger partial charge < -0.3 is 10.1 Å². The fourth-order valence-corrected chi connectivity index (χ4v) is 3.73. The van der Waals surface area contributed by atoms with Crippen molar-refractivity contribution in [3.05, 3.63) is 34.9 Å². The van der Waals surface area contributed by atoms with Gasteiger partial charge in [-0.15, -0.1) is 0 Å². The minimum atomic E-state index is -3.14. The molecular formula is C16H27NO3S. The van der Waals surface area contributed by atoms with E-state index < -0.39 is 9.84 Å². The minimum absolute atomic E-state index is 0.0682. The summed E-state index contributed by atoms with van der Waals surface area (Å²) in [5.41, 5.74) is 3.38. The smallest absolute Gasteiger partial charge is 0.154 e. The lowest BCUT2D eigenvalue weighted by atomic mass is 10.00. The van der Waals surface area contributed by atoms with Crippen LogP contribution in [0.4, 0.5) is 0 Å². The lowest BCUT2D eigenvalue weighted by Crippen LogP contribution is -2.31. The molecule has 0 aliphatic carbocycles. The van der Waals surface area contributed by atoms with Crippen LogP contribution in [-0.4, -0.2) is 40.2 Å². The quantitative estimate of drug-likeness (QED) is 0.760. The Bertz CT molecular complexity index is 540. The molecule has 0 radical (unpaired) electrons. The third kappa shape index (κ3) is 6.16. The third-order valence-corrected chi connectivity index (χ3v) is 5.09. The first kappa shape index (κ1) is 18.1. The largest absolute Gasteiger partial charge is 0.384 e. The molecule has 5 heteroatoms. The van der Waals surface area contributed by atoms with Gasteiger partial charge >= 0.3 is 0 Å². The molecule has 1 N–H and O–H groups in total. The first-order chi connectivity index (χ1) is 9.89. The molecule has 4 nitrogen and oxygen atoms in total. The maximum absolute atomic E-state index is 12.2. The van der Waals surface area contributed by atoms with Gasteiger partial charge in [-0.1, -0.05) is 30.7 Å². The fourth-order valence-electron chi connectivity index (χ4n) is 2.34. The summed E-state index contributed by atoms with van der Waals surface area (Å²) in [7, 11) is -1.62. The number of hydrogen-bond donors (Lipinski definition) is 1. The average Bonchev–Trinajstić information content (AvgIpc) is 2.41. The van der Waals surface area contributed by atoms with Gasteiger partial charge in [0.15, 0.2) is 9.84 Å². The van der Waals surface area contributed by atoms with Gasteiger partial charge in [0.05, 0.1) is 18.1 Å². The summed E-state index contributed by atoms with van der Waals surface area (Å²) in [6, 6.07) is 6.00. The number of nitrogens with one attached hydrogen (secondary N) is 1. The summed E-state index contributed by atoms with van der Waals surface area (Å²) in [6.07, 6.45) is 0.972. The van der Waals surface area contributed by atoms with Gasteiger partial charge in [0.2, 0.25) is 0 Å². The van der Waals surface area contributed by atoms with Gasteiger partial charge in [0.25, 0.3) is 0 Å². The Labute approximate surface area is 128 Å². The summed E-state index contributed by atoms with van der Waals surface area (Å²) in [5, 5.41) is 3.36. The zero-order chi connectivity index (χ0) is 15.9. The van der Waals surface area contributed by atoms with Crippen molar-refractivity contribution in [1.82, 2.24) is 5.32 Å². The Morgan fingerprint density at radius 2 is 2.00 bits per heavy atom. The molecule has 0 amide bonds. The van der Waals surface area contributed by atoms with E-state index >= 15 is 0 Å². The Kier molecular flexibility index (Phi) is 7.35. The van der Waals surface area contributed by atoms with E-state index in [1.165, 1.54) is 12.7 Å². The summed E-state index contributed by atoms with van der Waals surface area (Å²) < 4.78 is 29.3. The molecule has 0 saturated carbocycles. The predicted octanol–water partition coefficient (Wildman–Crippen LogP) is 2.41. The topological polar surface area (TPSA) is 55.4 Å². The number of rotatable bonds is 9. The standard InChI is InChI=1S/C16H27NO3S/c1-5-8-17-16(12-21(18,19)10-9-20-4)15-7-6-13(2)11-14(15)3/h6-7,11,16-17H,5,8-10,12H2,1-4H3. The van der Waals surface area contributed by atoms with Gasteiger partial charge in [0, 0.05) is 13.2 Å². The molecule has 0 heterocycles. The highest BCUT2D eigenvalue weighted by atomic mass is 32.2. The van der Waals surface area contributed by atoms with Gasteiger partial charge in [0.1, 0.15) is 0 Å². The van der Waals surface area contributed by atoms with Crippen LogP contribution in [0.2, 0.25) is 0 Å². The summed E-state index contributed by atoms with van der Waals surface area (Å²) in [4.78, 5) is 0. The SMILES string of the molecule is CCCNC(CS(=O)(=O)CCOC)c1ccc(C)cc1C. The molecule has 120 valence electrons. The van der Waals surface area contributed by atoms with Crippen molar-refractivity contribution < 1.29 is 13.2 Å². The summed E-state index contributed by atoms with van der Waals surface area (Å²) in [6.45, 7) is 7.20. The molecule has 1 aromatic rings. The zero-order valence-electron chi connectivity index (χ0n) is 13.5. The molecule has 21 heavy (non-hydrogen) atoms. The van der Waals surface area contributed by atoms with E-state index in [1.54, 1.807) is 0 Å². The Hall–Kier alpha value is -0.910. The van der Waals surface area contributed by atoms with Crippen LogP contribution in [-0.2, 0) is 14.6 Å². The molecule has 0 aliphatic heterocycles. The number of benzene rings is 1. The van der Waals surface area contributed by atoms with Crippen LogP contribution >= 0.6 is 0 Å². The molecule has 1 rings (SSSR count). The van der Waals surface area contributed by atoms with Gasteiger partial charge in [-0.25, -0.2) is 8.42 Å². The normalized spacial score (nSPS) is 13.3. The minimum Gasteiger partial charge on any atom is -0.384 e. The third-order valence-electron chi connectivity index (χ3n) is 3.46. The van der Waals surface area contributed by atoms with Crippen LogP contribution in [0, 0.1) is 13.8 Å². The number of sulfone groups is 1. The van der Waals surface area contributed by atoms with Gasteiger partial charge in [-0.2, -0.15) is 0 Å². The fraction of sp³-hybridized carbons (Fsp3) is 0.625. The van der Waals surface area contributed by atoms with Crippen LogP contribution in [0.25, 0.3) is 0 Å². The maximum atomic E-state index is 12.2. The number of hydrogen-bond acceptors (Lipinski definition) is 4. The summed E-state index contributed by atoms with van der Waals surface area (Å²) >= 11 is 0. The number of aryl methyl sites for hydroxylation is 2. The molecule has 0 aliphatic rings. The van der Waals surface area contributed by atoms with Crippen molar-refractivity contribution in [2.45, 2.75) is 33.2 Å². The molecule has 0 bridgehead atoms. The van der Waals surface area contributed by atoms with E-state index in [0.717, 1.165) is 24.1 Å². The highest BCUT2D eigenvalue weighted by Gasteiger charge is 2.21. The predicted molar refractivity (Wildman–Crippen MR) is 87.5 cm³/mol. The summed E-state index contributed by atoms with van der Waals surface area (Å²) in [5.74, 6) is 0.180. The first-order valence-corrected chi connectivity index (χ1v) is 9.21. The van der Waals surface area contributed by atoms with Crippen molar-refractivity contribution >= 4 is 9.84 Å². The lowest BCUT2D eigenvalue weighted by molar-refractivity contribution is 0.217. The Morgan fingerprint density at radius 3 is 2.57 bits per heavy atom. The molecule has 1 unspecified atom stereocenters. The first-order valence-electron chi connectivity index (χ1n) is 7.39. The van der Waals surface area contributed by atoms with Crippen molar-refractivity contribution in [2.24, 2.45) is 0 Å². The second-order valence-electron chi connectivity index (χ2n) is 5.47. The lowest BCUT2D eigenvalue weighted by Gasteiger charge is -2.21. The molecular weight excluding hydrogens is 286 g/mol. The Morgan fingerprint density at radius 1 is 1.29 bits per heavy atom. The zero-order valence-corrected chi connectivity index (χ0v) is 14.3. The number of ether oxygens (including phenoxy) is 1. The monoisotopic (exact) mass is 313 g/mol.